The summed E-state index contributed by atoms with van der Waals surface area (Å²) in [4.78, 5) is 111. The first-order valence-corrected chi connectivity index (χ1v) is 19.9. The van der Waals surface area contributed by atoms with Crippen molar-refractivity contribution in [2.75, 3.05) is 19.6 Å². The predicted molar refractivity (Wildman–Crippen MR) is 213 cm³/mol. The normalized spacial score (nSPS) is 22.0. The first kappa shape index (κ1) is 49.6. The average molecular weight is 835 g/mol. The summed E-state index contributed by atoms with van der Waals surface area (Å²) >= 11 is 0. The Balaban J connectivity index is 2.62. The molecule has 0 aromatic heterocycles. The van der Waals surface area contributed by atoms with Crippen molar-refractivity contribution < 1.29 is 47.1 Å². The molecule has 2 rings (SSSR count). The van der Waals surface area contributed by atoms with E-state index >= 15 is 0 Å². The van der Waals surface area contributed by atoms with Crippen LogP contribution in [-0.4, -0.2) is 96.8 Å². The Hall–Kier alpha value is -5.53. The zero-order valence-corrected chi connectivity index (χ0v) is 33.8. The number of rotatable bonds is 16. The molecular formula is C39H60F2N10O8. The van der Waals surface area contributed by atoms with Crippen LogP contribution in [0.2, 0.25) is 0 Å². The van der Waals surface area contributed by atoms with Gasteiger partial charge in [0.25, 0.3) is 0 Å². The fourth-order valence-corrected chi connectivity index (χ4v) is 6.56. The lowest BCUT2D eigenvalue weighted by molar-refractivity contribution is -0.135. The highest BCUT2D eigenvalue weighted by molar-refractivity contribution is 5.97. The third-order valence-corrected chi connectivity index (χ3v) is 9.87. The van der Waals surface area contributed by atoms with E-state index in [1.165, 1.54) is 13.0 Å². The number of guanidine groups is 1. The van der Waals surface area contributed by atoms with Gasteiger partial charge in [-0.15, -0.1) is 0 Å². The summed E-state index contributed by atoms with van der Waals surface area (Å²) in [7, 11) is 0. The van der Waals surface area contributed by atoms with Crippen LogP contribution in [0.4, 0.5) is 8.78 Å². The van der Waals surface area contributed by atoms with Gasteiger partial charge in [0.05, 0.1) is 6.04 Å². The molecule has 0 saturated carbocycles. The zero-order valence-electron chi connectivity index (χ0n) is 33.8. The van der Waals surface area contributed by atoms with Gasteiger partial charge < -0.3 is 49.5 Å². The fourth-order valence-electron chi connectivity index (χ4n) is 6.56. The van der Waals surface area contributed by atoms with E-state index in [0.29, 0.717) is 12.8 Å². The van der Waals surface area contributed by atoms with Crippen molar-refractivity contribution in [3.63, 3.8) is 0 Å². The Kier molecular flexibility index (Phi) is 21.7. The van der Waals surface area contributed by atoms with E-state index < -0.39 is 101 Å². The second-order valence-electron chi connectivity index (χ2n) is 14.7. The van der Waals surface area contributed by atoms with Crippen molar-refractivity contribution in [2.24, 2.45) is 39.8 Å². The second kappa shape index (κ2) is 25.8. The van der Waals surface area contributed by atoms with E-state index in [4.69, 9.17) is 22.9 Å². The summed E-state index contributed by atoms with van der Waals surface area (Å²) in [5.41, 5.74) is 22.4. The predicted octanol–water partition coefficient (Wildman–Crippen LogP) is -0.615. The Bertz CT molecular complexity index is 1680. The molecule has 0 bridgehead atoms. The molecule has 0 unspecified atom stereocenters. The Morgan fingerprint density at radius 3 is 2.24 bits per heavy atom. The molecule has 1 aliphatic rings. The maximum Gasteiger partial charge on any atom is 0.243 e. The summed E-state index contributed by atoms with van der Waals surface area (Å²) in [6, 6.07) is -2.22. The van der Waals surface area contributed by atoms with Crippen molar-refractivity contribution in [3.8, 4) is 0 Å². The lowest BCUT2D eigenvalue weighted by Crippen LogP contribution is -2.58. The third kappa shape index (κ3) is 18.3. The van der Waals surface area contributed by atoms with Crippen molar-refractivity contribution in [3.05, 3.63) is 35.4 Å². The van der Waals surface area contributed by atoms with E-state index in [1.807, 2.05) is 6.92 Å². The van der Waals surface area contributed by atoms with Gasteiger partial charge in [-0.1, -0.05) is 25.8 Å². The number of nitrogens with one attached hydrogen (secondary N) is 5. The summed E-state index contributed by atoms with van der Waals surface area (Å²) in [5.74, 6) is -10.1. The number of hydrogen-bond acceptors (Lipinski definition) is 10. The fraction of sp³-hybridized carbons (Fsp3) is 0.615. The van der Waals surface area contributed by atoms with Crippen LogP contribution in [0.25, 0.3) is 0 Å². The van der Waals surface area contributed by atoms with Crippen molar-refractivity contribution in [2.45, 2.75) is 121 Å². The van der Waals surface area contributed by atoms with Gasteiger partial charge >= 0.3 is 0 Å². The zero-order chi connectivity index (χ0) is 44.1. The highest BCUT2D eigenvalue weighted by atomic mass is 19.2. The molecule has 6 amide bonds. The number of ketones is 2. The van der Waals surface area contributed by atoms with Crippen LogP contribution in [0, 0.1) is 23.5 Å². The van der Waals surface area contributed by atoms with Crippen LogP contribution in [0.5, 0.6) is 0 Å². The molecule has 1 aromatic rings. The summed E-state index contributed by atoms with van der Waals surface area (Å²) in [6.45, 7) is 3.25. The van der Waals surface area contributed by atoms with Crippen LogP contribution in [0.3, 0.4) is 0 Å². The number of nitrogens with two attached hydrogens (primary N) is 4. The first-order valence-electron chi connectivity index (χ1n) is 19.9. The number of benzene rings is 1. The highest BCUT2D eigenvalue weighted by Gasteiger charge is 2.34. The average Bonchev–Trinajstić information content (AvgIpc) is 3.17. The van der Waals surface area contributed by atoms with Gasteiger partial charge in [-0.3, -0.25) is 43.3 Å². The molecule has 1 saturated heterocycles. The highest BCUT2D eigenvalue weighted by Crippen LogP contribution is 2.22. The van der Waals surface area contributed by atoms with Gasteiger partial charge in [-0.05, 0) is 75.6 Å². The van der Waals surface area contributed by atoms with Gasteiger partial charge in [0.2, 0.25) is 35.4 Å². The number of Topliss-reactive ketones (excluding diaryl/α,β-unsaturated/α-hetero) is 2. The lowest BCUT2D eigenvalue weighted by atomic mass is 9.84. The molecule has 0 aliphatic carbocycles. The molecule has 328 valence electrons. The van der Waals surface area contributed by atoms with Gasteiger partial charge in [0.15, 0.2) is 23.4 Å². The number of aliphatic imine (C=N–C) groups is 1. The van der Waals surface area contributed by atoms with Crippen LogP contribution in [0.15, 0.2) is 23.2 Å². The topological polar surface area (TPSA) is 313 Å². The molecular weight excluding hydrogens is 774 g/mol. The van der Waals surface area contributed by atoms with Crippen LogP contribution < -0.4 is 49.5 Å². The number of unbranched alkanes of at least 4 members (excludes halogenated alkanes) is 1. The summed E-state index contributed by atoms with van der Waals surface area (Å²) in [6.07, 6.45) is 0.247. The van der Waals surface area contributed by atoms with Crippen LogP contribution in [-0.2, 0) is 44.8 Å². The number of halogens is 2. The maximum atomic E-state index is 14.3. The molecule has 13 N–H and O–H groups in total. The van der Waals surface area contributed by atoms with Crippen LogP contribution in [0.1, 0.15) is 96.5 Å². The second-order valence-corrected chi connectivity index (χ2v) is 14.7. The molecule has 1 heterocycles. The van der Waals surface area contributed by atoms with Gasteiger partial charge in [0.1, 0.15) is 23.9 Å². The SMILES string of the molecule is CCCC[C@H](NC(C)=O)C(=O)N[C@H]1CCC(=O)NCC[C@@H](C(N)=O)CC(=O)[C@H](CCCN=C(N)N)CC(=O)[C@@H](Cc2ccc(F)c(F)c2)NC(=O)[C@H](CCCN)NC1=O. The van der Waals surface area contributed by atoms with Crippen molar-refractivity contribution >= 4 is 53.0 Å². The van der Waals surface area contributed by atoms with Gasteiger partial charge in [0, 0.05) is 51.1 Å². The standard InChI is InChI=1S/C39H60F2N10O8/c1-3-4-8-28(48-22(2)52)36(57)50-30-12-13-34(55)46-17-14-25(35(43)56)21-32(53)24(7-6-16-47-39(44)45)20-33(54)31(19-23-10-11-26(40)27(41)18-23)51-37(58)29(9-5-15-42)49-38(30)59/h10-11,18,24-25,28-31H,3-9,12-17,19-21,42H2,1-2H3,(H2,43,56)(H,46,55)(H,48,52)(H,49,59)(H,50,57)(H,51,58)(H4,44,45,47)/t24-,25-,28+,29+,30+,31-/m1/s1. The lowest BCUT2D eigenvalue weighted by Gasteiger charge is -2.27. The van der Waals surface area contributed by atoms with Crippen molar-refractivity contribution in [1.29, 1.82) is 0 Å². The number of nitrogens with zero attached hydrogens (tertiary/aromatic N) is 1. The van der Waals surface area contributed by atoms with E-state index in [0.717, 1.165) is 12.1 Å². The molecule has 1 aliphatic heterocycles. The van der Waals surface area contributed by atoms with E-state index in [-0.39, 0.29) is 95.4 Å². The van der Waals surface area contributed by atoms with E-state index in [1.54, 1.807) is 0 Å². The summed E-state index contributed by atoms with van der Waals surface area (Å²) < 4.78 is 28.2. The molecule has 0 spiro atoms. The molecule has 6 atom stereocenters. The largest absolute Gasteiger partial charge is 0.370 e. The van der Waals surface area contributed by atoms with Gasteiger partial charge in [-0.25, -0.2) is 8.78 Å². The first-order chi connectivity index (χ1) is 27.9. The molecule has 1 aromatic carbocycles. The number of primary amides is 1. The number of carbonyl (C=O) groups excluding carboxylic acids is 8. The van der Waals surface area contributed by atoms with Crippen LogP contribution >= 0.6 is 0 Å². The Labute approximate surface area is 342 Å². The smallest absolute Gasteiger partial charge is 0.243 e. The number of hydrogen-bond donors (Lipinski definition) is 9. The minimum atomic E-state index is -1.43. The molecule has 18 nitrogen and oxygen atoms in total. The monoisotopic (exact) mass is 834 g/mol. The maximum absolute atomic E-state index is 14.3. The quantitative estimate of drug-likeness (QED) is 0.0575. The molecule has 59 heavy (non-hydrogen) atoms. The Morgan fingerprint density at radius 1 is 0.898 bits per heavy atom. The number of amides is 6. The minimum Gasteiger partial charge on any atom is -0.370 e. The minimum absolute atomic E-state index is 0.0350. The molecule has 1 fully saturated rings. The Morgan fingerprint density at radius 2 is 1.61 bits per heavy atom. The molecule has 0 radical (unpaired) electrons. The number of carbonyl (C=O) groups is 8. The van der Waals surface area contributed by atoms with Gasteiger partial charge in [-0.2, -0.15) is 0 Å². The van der Waals surface area contributed by atoms with Crippen molar-refractivity contribution in [1.82, 2.24) is 26.6 Å². The summed E-state index contributed by atoms with van der Waals surface area (Å²) in [5, 5.41) is 13.0. The third-order valence-electron chi connectivity index (χ3n) is 9.87. The van der Waals surface area contributed by atoms with E-state index in [9.17, 15) is 47.1 Å². The molecule has 20 heteroatoms. The van der Waals surface area contributed by atoms with E-state index in [2.05, 4.69) is 31.6 Å².